The lowest BCUT2D eigenvalue weighted by Gasteiger charge is -1.89. The maximum absolute atomic E-state index is 10.9. The van der Waals surface area contributed by atoms with Gasteiger partial charge in [0.15, 0.2) is 11.3 Å². The smallest absolute Gasteiger partial charge is 0.271 e. The Hall–Kier alpha value is -1.36. The van der Waals surface area contributed by atoms with Gasteiger partial charge in [-0.3, -0.25) is 4.79 Å². The Balaban J connectivity index is 0.000000278. The first kappa shape index (κ1) is 11.1. The summed E-state index contributed by atoms with van der Waals surface area (Å²) >= 11 is 3.28. The molecule has 0 atom stereocenters. The number of aromatic nitrogens is 1. The standard InChI is InChI=1S/C8H5BrN2O2.C3H6/c9-4-1-2-6-5(3-4)7(8(10)12)11-13-6;1-2-3-1/h1-3H,(H2,10,12);1-3H2. The van der Waals surface area contributed by atoms with E-state index in [4.69, 9.17) is 10.3 Å². The first-order chi connectivity index (χ1) is 7.68. The van der Waals surface area contributed by atoms with Crippen molar-refractivity contribution in [1.82, 2.24) is 5.16 Å². The highest BCUT2D eigenvalue weighted by Gasteiger charge is 2.12. The molecule has 1 aliphatic carbocycles. The van der Waals surface area contributed by atoms with Crippen molar-refractivity contribution in [3.05, 3.63) is 28.4 Å². The number of halogens is 1. The second-order valence-electron chi connectivity index (χ2n) is 3.60. The van der Waals surface area contributed by atoms with Crippen LogP contribution in [0.25, 0.3) is 11.0 Å². The van der Waals surface area contributed by atoms with Gasteiger partial charge in [-0.1, -0.05) is 40.3 Å². The Morgan fingerprint density at radius 3 is 2.62 bits per heavy atom. The summed E-state index contributed by atoms with van der Waals surface area (Å²) in [7, 11) is 0. The quantitative estimate of drug-likeness (QED) is 0.874. The van der Waals surface area contributed by atoms with Gasteiger partial charge in [0, 0.05) is 4.47 Å². The maximum atomic E-state index is 10.9. The number of nitrogens with two attached hydrogens (primary N) is 1. The highest BCUT2D eigenvalue weighted by atomic mass is 79.9. The van der Waals surface area contributed by atoms with Crippen LogP contribution in [0.2, 0.25) is 0 Å². The average Bonchev–Trinajstić information content (AvgIpc) is 3.05. The highest BCUT2D eigenvalue weighted by molar-refractivity contribution is 9.10. The zero-order valence-electron chi connectivity index (χ0n) is 8.57. The lowest BCUT2D eigenvalue weighted by Crippen LogP contribution is -2.11. The fourth-order valence-corrected chi connectivity index (χ4v) is 1.45. The van der Waals surface area contributed by atoms with E-state index in [0.29, 0.717) is 11.0 Å². The van der Waals surface area contributed by atoms with Gasteiger partial charge in [0.05, 0.1) is 5.39 Å². The summed E-state index contributed by atoms with van der Waals surface area (Å²) in [5, 5.41) is 4.19. The van der Waals surface area contributed by atoms with Gasteiger partial charge in [-0.15, -0.1) is 0 Å². The molecule has 1 aliphatic rings. The Bertz CT molecular complexity index is 517. The van der Waals surface area contributed by atoms with Crippen LogP contribution in [-0.2, 0) is 0 Å². The van der Waals surface area contributed by atoms with Gasteiger partial charge in [-0.25, -0.2) is 0 Å². The number of benzene rings is 1. The maximum Gasteiger partial charge on any atom is 0.271 e. The van der Waals surface area contributed by atoms with Crippen LogP contribution in [0.15, 0.2) is 27.2 Å². The number of nitrogens with zero attached hydrogens (tertiary/aromatic N) is 1. The molecule has 3 rings (SSSR count). The van der Waals surface area contributed by atoms with Crippen molar-refractivity contribution in [3.63, 3.8) is 0 Å². The summed E-state index contributed by atoms with van der Waals surface area (Å²) in [5.41, 5.74) is 5.81. The molecule has 1 saturated carbocycles. The van der Waals surface area contributed by atoms with Crippen LogP contribution in [0.4, 0.5) is 0 Å². The van der Waals surface area contributed by atoms with Crippen molar-refractivity contribution >= 4 is 32.8 Å². The molecule has 2 aromatic rings. The molecule has 1 fully saturated rings. The minimum Gasteiger partial charge on any atom is -0.364 e. The highest BCUT2D eigenvalue weighted by Crippen LogP contribution is 2.22. The van der Waals surface area contributed by atoms with Gasteiger partial charge in [0.2, 0.25) is 0 Å². The van der Waals surface area contributed by atoms with Gasteiger partial charge >= 0.3 is 0 Å². The molecule has 1 amide bonds. The third kappa shape index (κ3) is 2.61. The van der Waals surface area contributed by atoms with E-state index in [2.05, 4.69) is 21.1 Å². The van der Waals surface area contributed by atoms with Crippen LogP contribution in [0, 0.1) is 0 Å². The summed E-state index contributed by atoms with van der Waals surface area (Å²) in [6.45, 7) is 0. The molecule has 0 spiro atoms. The average molecular weight is 283 g/mol. The summed E-state index contributed by atoms with van der Waals surface area (Å²) in [6.07, 6.45) is 4.50. The van der Waals surface area contributed by atoms with E-state index in [9.17, 15) is 4.79 Å². The number of fused-ring (bicyclic) bond motifs is 1. The van der Waals surface area contributed by atoms with E-state index in [-0.39, 0.29) is 5.69 Å². The third-order valence-corrected chi connectivity index (χ3v) is 2.51. The molecule has 2 N–H and O–H groups in total. The van der Waals surface area contributed by atoms with Crippen molar-refractivity contribution in [2.24, 2.45) is 5.73 Å². The molecule has 5 heteroatoms. The molecule has 84 valence electrons. The van der Waals surface area contributed by atoms with Gasteiger partial charge in [-0.2, -0.15) is 0 Å². The molecule has 4 nitrogen and oxygen atoms in total. The SMILES string of the molecule is C1CC1.NC(=O)c1noc2ccc(Br)cc12. The van der Waals surface area contributed by atoms with Crippen molar-refractivity contribution in [3.8, 4) is 0 Å². The number of hydrogen-bond donors (Lipinski definition) is 1. The molecular formula is C11H11BrN2O2. The molecule has 1 heterocycles. The Morgan fingerprint density at radius 2 is 2.06 bits per heavy atom. The minimum absolute atomic E-state index is 0.163. The number of carbonyl (C=O) groups excluding carboxylic acids is 1. The summed E-state index contributed by atoms with van der Waals surface area (Å²) < 4.78 is 5.75. The molecular weight excluding hydrogens is 272 g/mol. The first-order valence-electron chi connectivity index (χ1n) is 5.03. The first-order valence-corrected chi connectivity index (χ1v) is 5.82. The number of primary amides is 1. The normalized spacial score (nSPS) is 13.1. The van der Waals surface area contributed by atoms with Gasteiger partial charge in [0.1, 0.15) is 0 Å². The number of hydrogen-bond acceptors (Lipinski definition) is 3. The summed E-state index contributed by atoms with van der Waals surface area (Å²) in [5.74, 6) is -0.586. The molecule has 0 bridgehead atoms. The zero-order valence-corrected chi connectivity index (χ0v) is 10.2. The molecule has 0 unspecified atom stereocenters. The molecule has 0 saturated heterocycles. The minimum atomic E-state index is -0.586. The molecule has 1 aromatic heterocycles. The third-order valence-electron chi connectivity index (χ3n) is 2.02. The predicted molar refractivity (Wildman–Crippen MR) is 64.1 cm³/mol. The molecule has 16 heavy (non-hydrogen) atoms. The number of carbonyl (C=O) groups is 1. The Morgan fingerprint density at radius 1 is 1.38 bits per heavy atom. The van der Waals surface area contributed by atoms with Crippen LogP contribution in [0.5, 0.6) is 0 Å². The van der Waals surface area contributed by atoms with Gasteiger partial charge < -0.3 is 10.3 Å². The van der Waals surface area contributed by atoms with Gasteiger partial charge in [-0.05, 0) is 18.2 Å². The van der Waals surface area contributed by atoms with Gasteiger partial charge in [0.25, 0.3) is 5.91 Å². The topological polar surface area (TPSA) is 69.1 Å². The van der Waals surface area contributed by atoms with Crippen LogP contribution >= 0.6 is 15.9 Å². The largest absolute Gasteiger partial charge is 0.364 e. The van der Waals surface area contributed by atoms with E-state index in [1.54, 1.807) is 18.2 Å². The predicted octanol–water partition coefficient (Wildman–Crippen LogP) is 2.86. The van der Waals surface area contributed by atoms with E-state index in [0.717, 1.165) is 4.47 Å². The fraction of sp³-hybridized carbons (Fsp3) is 0.273. The van der Waals surface area contributed by atoms with Crippen LogP contribution in [-0.4, -0.2) is 11.1 Å². The van der Waals surface area contributed by atoms with Crippen LogP contribution in [0.3, 0.4) is 0 Å². The van der Waals surface area contributed by atoms with Crippen molar-refractivity contribution in [2.75, 3.05) is 0 Å². The molecule has 0 radical (unpaired) electrons. The number of rotatable bonds is 1. The van der Waals surface area contributed by atoms with Crippen LogP contribution in [0.1, 0.15) is 29.8 Å². The zero-order chi connectivity index (χ0) is 11.5. The van der Waals surface area contributed by atoms with E-state index < -0.39 is 5.91 Å². The lowest BCUT2D eigenvalue weighted by molar-refractivity contribution is 0.0993. The number of amides is 1. The van der Waals surface area contributed by atoms with E-state index in [1.165, 1.54) is 19.3 Å². The summed E-state index contributed by atoms with van der Waals surface area (Å²) in [6, 6.07) is 5.27. The second kappa shape index (κ2) is 4.65. The van der Waals surface area contributed by atoms with Crippen molar-refractivity contribution in [1.29, 1.82) is 0 Å². The fourth-order valence-electron chi connectivity index (χ4n) is 1.09. The Kier molecular flexibility index (Phi) is 3.24. The van der Waals surface area contributed by atoms with Crippen molar-refractivity contribution < 1.29 is 9.32 Å². The second-order valence-corrected chi connectivity index (χ2v) is 4.51. The van der Waals surface area contributed by atoms with Crippen LogP contribution < -0.4 is 5.73 Å². The van der Waals surface area contributed by atoms with Crippen molar-refractivity contribution in [2.45, 2.75) is 19.3 Å². The van der Waals surface area contributed by atoms with E-state index in [1.807, 2.05) is 0 Å². The van der Waals surface area contributed by atoms with E-state index >= 15 is 0 Å². The Labute approximate surface area is 101 Å². The lowest BCUT2D eigenvalue weighted by atomic mass is 10.2. The monoisotopic (exact) mass is 282 g/mol. The summed E-state index contributed by atoms with van der Waals surface area (Å²) in [4.78, 5) is 10.9. The molecule has 1 aromatic carbocycles. The molecule has 0 aliphatic heterocycles.